The summed E-state index contributed by atoms with van der Waals surface area (Å²) in [5, 5.41) is 23.5. The van der Waals surface area contributed by atoms with Gasteiger partial charge in [0.1, 0.15) is 11.6 Å². The quantitative estimate of drug-likeness (QED) is 0.381. The first-order chi connectivity index (χ1) is 10.6. The second kappa shape index (κ2) is 10.0. The van der Waals surface area contributed by atoms with Crippen LogP contribution in [0.15, 0.2) is 30.0 Å². The van der Waals surface area contributed by atoms with Crippen molar-refractivity contribution in [2.24, 2.45) is 0 Å². The van der Waals surface area contributed by atoms with Gasteiger partial charge in [0.2, 0.25) is 0 Å². The zero-order valence-electron chi connectivity index (χ0n) is 11.6. The number of anilines is 1. The van der Waals surface area contributed by atoms with Crippen molar-refractivity contribution in [1.82, 2.24) is 5.32 Å². The lowest BCUT2D eigenvalue weighted by Crippen LogP contribution is -2.19. The summed E-state index contributed by atoms with van der Waals surface area (Å²) < 4.78 is 5.03. The Morgan fingerprint density at radius 2 is 2.14 bits per heavy atom. The summed E-state index contributed by atoms with van der Waals surface area (Å²) in [7, 11) is 0. The molecule has 0 aliphatic carbocycles. The average molecular weight is 344 g/mol. The third-order valence-electron chi connectivity index (χ3n) is 2.42. The third kappa shape index (κ3) is 6.33. The van der Waals surface area contributed by atoms with Gasteiger partial charge in [0, 0.05) is 18.4 Å². The first-order valence-electron chi connectivity index (χ1n) is 6.37. The van der Waals surface area contributed by atoms with Crippen LogP contribution in [-0.2, 0) is 9.53 Å². The fourth-order valence-corrected chi connectivity index (χ4v) is 1.69. The van der Waals surface area contributed by atoms with E-state index in [1.807, 2.05) is 0 Å². The van der Waals surface area contributed by atoms with Gasteiger partial charge in [-0.25, -0.2) is 0 Å². The summed E-state index contributed by atoms with van der Waals surface area (Å²) in [6, 6.07) is 6.42. The van der Waals surface area contributed by atoms with E-state index in [4.69, 9.17) is 38.3 Å². The summed E-state index contributed by atoms with van der Waals surface area (Å²) in [6.07, 6.45) is 1.30. The van der Waals surface area contributed by atoms with Gasteiger partial charge >= 0.3 is 0 Å². The molecule has 0 spiro atoms. The van der Waals surface area contributed by atoms with Crippen LogP contribution in [0, 0.1) is 11.3 Å². The van der Waals surface area contributed by atoms with Gasteiger partial charge in [-0.3, -0.25) is 4.79 Å². The molecule has 0 atom stereocenters. The molecule has 3 N–H and O–H groups in total. The van der Waals surface area contributed by atoms with Crippen molar-refractivity contribution in [2.45, 2.75) is 0 Å². The molecule has 22 heavy (non-hydrogen) atoms. The van der Waals surface area contributed by atoms with E-state index in [9.17, 15) is 4.79 Å². The SMILES string of the molecule is N#C/C(=C/NCCOCCO)C(=O)Nc1ccc(Cl)c(Cl)c1. The largest absolute Gasteiger partial charge is 0.394 e. The number of carbonyl (C=O) groups excluding carboxylic acids is 1. The van der Waals surface area contributed by atoms with Crippen LogP contribution in [0.1, 0.15) is 0 Å². The summed E-state index contributed by atoms with van der Waals surface area (Å²) in [4.78, 5) is 11.9. The van der Waals surface area contributed by atoms with Crippen LogP contribution in [0.4, 0.5) is 5.69 Å². The van der Waals surface area contributed by atoms with E-state index in [1.165, 1.54) is 12.3 Å². The van der Waals surface area contributed by atoms with Crippen molar-refractivity contribution in [3.8, 4) is 6.07 Å². The smallest absolute Gasteiger partial charge is 0.267 e. The molecule has 118 valence electrons. The Morgan fingerprint density at radius 1 is 1.36 bits per heavy atom. The van der Waals surface area contributed by atoms with Crippen molar-refractivity contribution < 1.29 is 14.6 Å². The van der Waals surface area contributed by atoms with Gasteiger partial charge in [-0.2, -0.15) is 5.26 Å². The highest BCUT2D eigenvalue weighted by Crippen LogP contribution is 2.25. The Hall–Kier alpha value is -1.78. The molecule has 0 aromatic heterocycles. The number of amides is 1. The summed E-state index contributed by atoms with van der Waals surface area (Å²) in [5.41, 5.74) is 0.347. The van der Waals surface area contributed by atoms with Crippen LogP contribution in [0.2, 0.25) is 10.0 Å². The molecule has 1 amide bonds. The molecular formula is C14H15Cl2N3O3. The van der Waals surface area contributed by atoms with Crippen LogP contribution in [-0.4, -0.2) is 37.4 Å². The molecule has 1 rings (SSSR count). The summed E-state index contributed by atoms with van der Waals surface area (Å²) >= 11 is 11.6. The number of aliphatic hydroxyl groups is 1. The average Bonchev–Trinajstić information content (AvgIpc) is 2.50. The third-order valence-corrected chi connectivity index (χ3v) is 3.15. The highest BCUT2D eigenvalue weighted by molar-refractivity contribution is 6.42. The van der Waals surface area contributed by atoms with Gasteiger partial charge in [-0.05, 0) is 18.2 Å². The number of hydrogen-bond donors (Lipinski definition) is 3. The van der Waals surface area contributed by atoms with E-state index in [2.05, 4.69) is 10.6 Å². The number of halogens is 2. The number of carbonyl (C=O) groups is 1. The topological polar surface area (TPSA) is 94.4 Å². The Balaban J connectivity index is 2.53. The van der Waals surface area contributed by atoms with E-state index < -0.39 is 5.91 Å². The number of nitrogens with one attached hydrogen (secondary N) is 2. The van der Waals surface area contributed by atoms with Gasteiger partial charge in [0.15, 0.2) is 0 Å². The summed E-state index contributed by atoms with van der Waals surface area (Å²) in [5.74, 6) is -0.565. The number of aliphatic hydroxyl groups excluding tert-OH is 1. The van der Waals surface area contributed by atoms with Crippen LogP contribution >= 0.6 is 23.2 Å². The van der Waals surface area contributed by atoms with Crippen molar-refractivity contribution in [3.63, 3.8) is 0 Å². The number of nitriles is 1. The molecule has 0 saturated carbocycles. The predicted molar refractivity (Wildman–Crippen MR) is 84.7 cm³/mol. The maximum atomic E-state index is 11.9. The minimum atomic E-state index is -0.565. The Bertz CT molecular complexity index is 585. The minimum Gasteiger partial charge on any atom is -0.394 e. The zero-order chi connectivity index (χ0) is 16.4. The van der Waals surface area contributed by atoms with Crippen molar-refractivity contribution in [2.75, 3.05) is 31.7 Å². The zero-order valence-corrected chi connectivity index (χ0v) is 13.1. The lowest BCUT2D eigenvalue weighted by molar-refractivity contribution is -0.112. The molecule has 0 aliphatic rings. The van der Waals surface area contributed by atoms with Crippen molar-refractivity contribution in [3.05, 3.63) is 40.0 Å². The van der Waals surface area contributed by atoms with Crippen LogP contribution < -0.4 is 10.6 Å². The fraction of sp³-hybridized carbons (Fsp3) is 0.286. The molecule has 0 bridgehead atoms. The minimum absolute atomic E-state index is 0.0503. The van der Waals surface area contributed by atoms with Crippen molar-refractivity contribution >= 4 is 34.8 Å². The Morgan fingerprint density at radius 3 is 2.77 bits per heavy atom. The van der Waals surface area contributed by atoms with E-state index in [0.29, 0.717) is 28.9 Å². The molecule has 1 aromatic carbocycles. The lowest BCUT2D eigenvalue weighted by atomic mass is 10.2. The van der Waals surface area contributed by atoms with E-state index in [0.717, 1.165) is 0 Å². The number of ether oxygens (including phenoxy) is 1. The molecular weight excluding hydrogens is 329 g/mol. The lowest BCUT2D eigenvalue weighted by Gasteiger charge is -2.06. The first-order valence-corrected chi connectivity index (χ1v) is 7.12. The molecule has 0 aliphatic heterocycles. The second-order valence-corrected chi connectivity index (χ2v) is 4.86. The maximum Gasteiger partial charge on any atom is 0.267 e. The van der Waals surface area contributed by atoms with Gasteiger partial charge < -0.3 is 20.5 Å². The van der Waals surface area contributed by atoms with Crippen LogP contribution in [0.3, 0.4) is 0 Å². The van der Waals surface area contributed by atoms with Gasteiger partial charge in [0.05, 0.1) is 29.9 Å². The standard InChI is InChI=1S/C14H15Cl2N3O3/c15-12-2-1-11(7-13(12)16)19-14(21)10(8-17)9-18-3-5-22-6-4-20/h1-2,7,9,18,20H,3-6H2,(H,19,21)/b10-9-. The predicted octanol–water partition coefficient (Wildman–Crippen LogP) is 1.94. The highest BCUT2D eigenvalue weighted by atomic mass is 35.5. The number of nitrogens with zero attached hydrogens (tertiary/aromatic N) is 1. The molecule has 0 fully saturated rings. The fourth-order valence-electron chi connectivity index (χ4n) is 1.39. The highest BCUT2D eigenvalue weighted by Gasteiger charge is 2.10. The molecule has 1 aromatic rings. The van der Waals surface area contributed by atoms with Gasteiger partial charge in [-0.1, -0.05) is 23.2 Å². The molecule has 0 unspecified atom stereocenters. The summed E-state index contributed by atoms with van der Waals surface area (Å²) in [6.45, 7) is 0.953. The molecule has 6 nitrogen and oxygen atoms in total. The monoisotopic (exact) mass is 343 g/mol. The molecule has 0 radical (unpaired) electrons. The normalized spacial score (nSPS) is 10.9. The molecule has 0 heterocycles. The van der Waals surface area contributed by atoms with Crippen molar-refractivity contribution in [1.29, 1.82) is 5.26 Å². The maximum absolute atomic E-state index is 11.9. The Labute approximate surface area is 138 Å². The van der Waals surface area contributed by atoms with Gasteiger partial charge in [-0.15, -0.1) is 0 Å². The number of benzene rings is 1. The van der Waals surface area contributed by atoms with E-state index >= 15 is 0 Å². The number of rotatable bonds is 8. The first kappa shape index (κ1) is 18.3. The second-order valence-electron chi connectivity index (χ2n) is 4.04. The van der Waals surface area contributed by atoms with Gasteiger partial charge in [0.25, 0.3) is 5.91 Å². The van der Waals surface area contributed by atoms with E-state index in [1.54, 1.807) is 18.2 Å². The molecule has 8 heteroatoms. The number of hydrogen-bond acceptors (Lipinski definition) is 5. The van der Waals surface area contributed by atoms with E-state index in [-0.39, 0.29) is 18.8 Å². The van der Waals surface area contributed by atoms with Crippen LogP contribution in [0.25, 0.3) is 0 Å². The molecule has 0 saturated heterocycles. The van der Waals surface area contributed by atoms with Crippen LogP contribution in [0.5, 0.6) is 0 Å². The Kier molecular flexibility index (Phi) is 8.33.